The van der Waals surface area contributed by atoms with Gasteiger partial charge in [0.1, 0.15) is 0 Å². The van der Waals surface area contributed by atoms with Crippen molar-refractivity contribution in [2.45, 2.75) is 20.4 Å². The van der Waals surface area contributed by atoms with E-state index in [0.29, 0.717) is 44.9 Å². The maximum atomic E-state index is 11.8. The molecule has 27 heavy (non-hydrogen) atoms. The van der Waals surface area contributed by atoms with Crippen LogP contribution >= 0.6 is 0 Å². The monoisotopic (exact) mass is 375 g/mol. The van der Waals surface area contributed by atoms with E-state index in [9.17, 15) is 9.59 Å². The van der Waals surface area contributed by atoms with E-state index in [-0.39, 0.29) is 12.0 Å². The number of aliphatic imine (C=N–C) groups is 1. The smallest absolute Gasteiger partial charge is 0.409 e. The SMILES string of the molecule is CCNC(=NCc1cccc(C(=O)NC)c1)N1CCN(C(=O)OCC)CC1. The second-order valence-electron chi connectivity index (χ2n) is 6.12. The molecule has 1 heterocycles. The Morgan fingerprint density at radius 1 is 1.15 bits per heavy atom. The van der Waals surface area contributed by atoms with Crippen LogP contribution in [0.4, 0.5) is 4.79 Å². The summed E-state index contributed by atoms with van der Waals surface area (Å²) in [6.45, 7) is 8.06. The topological polar surface area (TPSA) is 86.3 Å². The first-order valence-electron chi connectivity index (χ1n) is 9.35. The second-order valence-corrected chi connectivity index (χ2v) is 6.12. The van der Waals surface area contributed by atoms with E-state index >= 15 is 0 Å². The van der Waals surface area contributed by atoms with Crippen molar-refractivity contribution in [2.75, 3.05) is 46.4 Å². The molecule has 1 aromatic carbocycles. The molecule has 0 aromatic heterocycles. The van der Waals surface area contributed by atoms with Crippen LogP contribution in [0.1, 0.15) is 29.8 Å². The molecule has 148 valence electrons. The number of nitrogens with one attached hydrogen (secondary N) is 2. The Kier molecular flexibility index (Phi) is 7.91. The molecule has 8 nitrogen and oxygen atoms in total. The van der Waals surface area contributed by atoms with Crippen LogP contribution in [0.25, 0.3) is 0 Å². The second kappa shape index (κ2) is 10.4. The van der Waals surface area contributed by atoms with Gasteiger partial charge in [-0.25, -0.2) is 9.79 Å². The Labute approximate surface area is 160 Å². The number of hydrogen-bond acceptors (Lipinski definition) is 4. The number of amides is 2. The van der Waals surface area contributed by atoms with Gasteiger partial charge in [-0.15, -0.1) is 0 Å². The number of rotatable bonds is 5. The average Bonchev–Trinajstić information content (AvgIpc) is 2.71. The van der Waals surface area contributed by atoms with Gasteiger partial charge in [0.2, 0.25) is 0 Å². The molecule has 1 aliphatic rings. The number of carbonyl (C=O) groups excluding carboxylic acids is 2. The zero-order valence-electron chi connectivity index (χ0n) is 16.3. The number of carbonyl (C=O) groups is 2. The first-order valence-corrected chi connectivity index (χ1v) is 9.35. The molecule has 0 aliphatic carbocycles. The number of ether oxygens (including phenoxy) is 1. The van der Waals surface area contributed by atoms with Crippen LogP contribution in [0, 0.1) is 0 Å². The van der Waals surface area contributed by atoms with Gasteiger partial charge in [0.05, 0.1) is 13.2 Å². The molecule has 0 atom stereocenters. The van der Waals surface area contributed by atoms with Crippen molar-refractivity contribution in [1.82, 2.24) is 20.4 Å². The van der Waals surface area contributed by atoms with Crippen LogP contribution in [0.5, 0.6) is 0 Å². The summed E-state index contributed by atoms with van der Waals surface area (Å²) in [4.78, 5) is 32.2. The van der Waals surface area contributed by atoms with Crippen LogP contribution < -0.4 is 10.6 Å². The van der Waals surface area contributed by atoms with Gasteiger partial charge in [-0.1, -0.05) is 12.1 Å². The van der Waals surface area contributed by atoms with Crippen molar-refractivity contribution in [2.24, 2.45) is 4.99 Å². The van der Waals surface area contributed by atoms with Gasteiger partial charge in [0.25, 0.3) is 5.91 Å². The largest absolute Gasteiger partial charge is 0.450 e. The molecule has 8 heteroatoms. The molecule has 0 unspecified atom stereocenters. The first-order chi connectivity index (χ1) is 13.1. The van der Waals surface area contributed by atoms with Crippen molar-refractivity contribution >= 4 is 18.0 Å². The van der Waals surface area contributed by atoms with Gasteiger partial charge in [0, 0.05) is 45.3 Å². The number of guanidine groups is 1. The Bertz CT molecular complexity index is 669. The van der Waals surface area contributed by atoms with Crippen LogP contribution in [-0.4, -0.2) is 74.1 Å². The third kappa shape index (κ3) is 5.87. The van der Waals surface area contributed by atoms with Crippen LogP contribution in [0.2, 0.25) is 0 Å². The Morgan fingerprint density at radius 2 is 1.85 bits per heavy atom. The summed E-state index contributed by atoms with van der Waals surface area (Å²) in [5.41, 5.74) is 1.59. The van der Waals surface area contributed by atoms with E-state index in [2.05, 4.69) is 15.5 Å². The quantitative estimate of drug-likeness (QED) is 0.598. The molecule has 1 aromatic rings. The highest BCUT2D eigenvalue weighted by Crippen LogP contribution is 2.09. The summed E-state index contributed by atoms with van der Waals surface area (Å²) in [5.74, 6) is 0.703. The Morgan fingerprint density at radius 3 is 2.48 bits per heavy atom. The molecule has 2 N–H and O–H groups in total. The number of piperazine rings is 1. The summed E-state index contributed by atoms with van der Waals surface area (Å²) >= 11 is 0. The summed E-state index contributed by atoms with van der Waals surface area (Å²) in [6.07, 6.45) is -0.259. The van der Waals surface area contributed by atoms with Gasteiger partial charge in [-0.05, 0) is 31.5 Å². The third-order valence-electron chi connectivity index (χ3n) is 4.27. The molecule has 1 fully saturated rings. The highest BCUT2D eigenvalue weighted by molar-refractivity contribution is 5.94. The summed E-state index contributed by atoms with van der Waals surface area (Å²) in [5, 5.41) is 5.93. The molecule has 0 bridgehead atoms. The molecule has 2 amide bonds. The average molecular weight is 375 g/mol. The van der Waals surface area contributed by atoms with E-state index in [1.807, 2.05) is 32.0 Å². The number of hydrogen-bond donors (Lipinski definition) is 2. The summed E-state index contributed by atoms with van der Waals surface area (Å²) in [7, 11) is 1.62. The van der Waals surface area contributed by atoms with Crippen molar-refractivity contribution in [3.63, 3.8) is 0 Å². The van der Waals surface area contributed by atoms with E-state index in [1.54, 1.807) is 18.0 Å². The lowest BCUT2D eigenvalue weighted by atomic mass is 10.1. The predicted molar refractivity (Wildman–Crippen MR) is 105 cm³/mol. The molecule has 0 radical (unpaired) electrons. The van der Waals surface area contributed by atoms with Gasteiger partial charge < -0.3 is 25.2 Å². The first kappa shape index (κ1) is 20.5. The van der Waals surface area contributed by atoms with Crippen LogP contribution in [0.3, 0.4) is 0 Å². The molecular formula is C19H29N5O3. The highest BCUT2D eigenvalue weighted by atomic mass is 16.6. The third-order valence-corrected chi connectivity index (χ3v) is 4.27. The minimum atomic E-state index is -0.259. The minimum Gasteiger partial charge on any atom is -0.450 e. The standard InChI is InChI=1S/C19H29N5O3/c1-4-21-18(23-9-11-24(12-10-23)19(26)27-5-2)22-14-15-7-6-8-16(13-15)17(25)20-3/h6-8,13H,4-5,9-12,14H2,1-3H3,(H,20,25)(H,21,22). The fourth-order valence-corrected chi connectivity index (χ4v) is 2.86. The lowest BCUT2D eigenvalue weighted by Gasteiger charge is -2.35. The fraction of sp³-hybridized carbons (Fsp3) is 0.526. The van der Waals surface area contributed by atoms with Crippen molar-refractivity contribution in [1.29, 1.82) is 0 Å². The van der Waals surface area contributed by atoms with E-state index in [1.165, 1.54) is 0 Å². The summed E-state index contributed by atoms with van der Waals surface area (Å²) < 4.78 is 5.06. The van der Waals surface area contributed by atoms with E-state index < -0.39 is 0 Å². The molecule has 2 rings (SSSR count). The predicted octanol–water partition coefficient (Wildman–Crippen LogP) is 1.29. The van der Waals surface area contributed by atoms with Gasteiger partial charge >= 0.3 is 6.09 Å². The van der Waals surface area contributed by atoms with Crippen LogP contribution in [0.15, 0.2) is 29.3 Å². The van der Waals surface area contributed by atoms with Crippen LogP contribution in [-0.2, 0) is 11.3 Å². The van der Waals surface area contributed by atoms with E-state index in [0.717, 1.165) is 18.1 Å². The lowest BCUT2D eigenvalue weighted by Crippen LogP contribution is -2.53. The van der Waals surface area contributed by atoms with Crippen molar-refractivity contribution in [3.05, 3.63) is 35.4 Å². The summed E-state index contributed by atoms with van der Waals surface area (Å²) in [6, 6.07) is 7.45. The Hall–Kier alpha value is -2.77. The van der Waals surface area contributed by atoms with Gasteiger partial charge in [-0.2, -0.15) is 0 Å². The normalized spacial score (nSPS) is 14.7. The minimum absolute atomic E-state index is 0.108. The molecule has 1 aliphatic heterocycles. The molecule has 0 saturated carbocycles. The molecule has 1 saturated heterocycles. The fourth-order valence-electron chi connectivity index (χ4n) is 2.86. The lowest BCUT2D eigenvalue weighted by molar-refractivity contribution is 0.0913. The molecular weight excluding hydrogens is 346 g/mol. The zero-order valence-corrected chi connectivity index (χ0v) is 16.3. The van der Waals surface area contributed by atoms with E-state index in [4.69, 9.17) is 9.73 Å². The zero-order chi connectivity index (χ0) is 19.6. The molecule has 0 spiro atoms. The Balaban J connectivity index is 2.01. The van der Waals surface area contributed by atoms with Crippen molar-refractivity contribution in [3.8, 4) is 0 Å². The van der Waals surface area contributed by atoms with Gasteiger partial charge in [0.15, 0.2) is 5.96 Å². The van der Waals surface area contributed by atoms with Crippen molar-refractivity contribution < 1.29 is 14.3 Å². The number of nitrogens with zero attached hydrogens (tertiary/aromatic N) is 3. The maximum Gasteiger partial charge on any atom is 0.409 e. The maximum absolute atomic E-state index is 11.8. The van der Waals surface area contributed by atoms with Gasteiger partial charge in [-0.3, -0.25) is 4.79 Å². The highest BCUT2D eigenvalue weighted by Gasteiger charge is 2.23. The number of benzene rings is 1.